The molecule has 88 valence electrons. The van der Waals surface area contributed by atoms with E-state index >= 15 is 0 Å². The second-order valence-electron chi connectivity index (χ2n) is 5.06. The van der Waals surface area contributed by atoms with Gasteiger partial charge in [0.15, 0.2) is 0 Å². The molecule has 0 aliphatic carbocycles. The standard InChI is InChI=1S/C12H25N3/c1-6-15(8-10(2)3)11(4)7-12(5,14)9-13/h10-11H,6-8,14H2,1-5H3. The van der Waals surface area contributed by atoms with E-state index in [0.717, 1.165) is 19.5 Å². The minimum absolute atomic E-state index is 0.368. The lowest BCUT2D eigenvalue weighted by Crippen LogP contribution is -2.44. The molecule has 0 amide bonds. The van der Waals surface area contributed by atoms with Crippen molar-refractivity contribution in [3.8, 4) is 6.07 Å². The van der Waals surface area contributed by atoms with Crippen molar-refractivity contribution in [1.82, 2.24) is 4.90 Å². The minimum atomic E-state index is -0.705. The van der Waals surface area contributed by atoms with Crippen LogP contribution in [-0.4, -0.2) is 29.6 Å². The van der Waals surface area contributed by atoms with Crippen LogP contribution in [0.2, 0.25) is 0 Å². The van der Waals surface area contributed by atoms with E-state index in [0.29, 0.717) is 12.0 Å². The summed E-state index contributed by atoms with van der Waals surface area (Å²) in [4.78, 5) is 2.38. The van der Waals surface area contributed by atoms with Crippen LogP contribution in [0.25, 0.3) is 0 Å². The summed E-state index contributed by atoms with van der Waals surface area (Å²) in [5.74, 6) is 0.651. The van der Waals surface area contributed by atoms with Gasteiger partial charge >= 0.3 is 0 Å². The molecule has 0 bridgehead atoms. The molecule has 3 heteroatoms. The van der Waals surface area contributed by atoms with Crippen LogP contribution < -0.4 is 5.73 Å². The number of hydrogen-bond donors (Lipinski definition) is 1. The second-order valence-corrected chi connectivity index (χ2v) is 5.06. The zero-order chi connectivity index (χ0) is 12.1. The molecule has 0 heterocycles. The van der Waals surface area contributed by atoms with E-state index < -0.39 is 5.54 Å². The lowest BCUT2D eigenvalue weighted by molar-refractivity contribution is 0.174. The molecule has 2 unspecified atom stereocenters. The first-order chi connectivity index (χ1) is 6.82. The largest absolute Gasteiger partial charge is 0.314 e. The Hall–Kier alpha value is -0.590. The SMILES string of the molecule is CCN(CC(C)C)C(C)CC(C)(N)C#N. The summed E-state index contributed by atoms with van der Waals surface area (Å²) in [6, 6.07) is 2.52. The Bertz CT molecular complexity index is 215. The van der Waals surface area contributed by atoms with E-state index in [4.69, 9.17) is 11.0 Å². The normalized spacial score (nSPS) is 17.5. The van der Waals surface area contributed by atoms with Crippen molar-refractivity contribution in [2.75, 3.05) is 13.1 Å². The van der Waals surface area contributed by atoms with Crippen LogP contribution in [0.5, 0.6) is 0 Å². The Kier molecular flexibility index (Phi) is 5.85. The van der Waals surface area contributed by atoms with Gasteiger partial charge < -0.3 is 10.6 Å². The molecule has 0 aromatic carbocycles. The molecule has 0 aromatic rings. The molecule has 2 N–H and O–H groups in total. The van der Waals surface area contributed by atoms with Crippen LogP contribution in [0.15, 0.2) is 0 Å². The summed E-state index contributed by atoms with van der Waals surface area (Å²) < 4.78 is 0. The molecule has 0 aliphatic rings. The van der Waals surface area contributed by atoms with Gasteiger partial charge in [-0.25, -0.2) is 0 Å². The lowest BCUT2D eigenvalue weighted by Gasteiger charge is -2.32. The van der Waals surface area contributed by atoms with Crippen LogP contribution >= 0.6 is 0 Å². The number of rotatable bonds is 6. The average molecular weight is 211 g/mol. The van der Waals surface area contributed by atoms with Gasteiger partial charge in [-0.05, 0) is 32.7 Å². The van der Waals surface area contributed by atoms with Gasteiger partial charge in [0.1, 0.15) is 5.54 Å². The monoisotopic (exact) mass is 211 g/mol. The van der Waals surface area contributed by atoms with Crippen molar-refractivity contribution >= 4 is 0 Å². The second kappa shape index (κ2) is 6.09. The highest BCUT2D eigenvalue weighted by molar-refractivity contribution is 5.02. The third-order valence-corrected chi connectivity index (χ3v) is 2.60. The first-order valence-corrected chi connectivity index (χ1v) is 5.76. The summed E-state index contributed by atoms with van der Waals surface area (Å²) in [7, 11) is 0. The van der Waals surface area contributed by atoms with E-state index in [1.54, 1.807) is 6.92 Å². The summed E-state index contributed by atoms with van der Waals surface area (Å²) >= 11 is 0. The number of nitrogens with zero attached hydrogens (tertiary/aromatic N) is 2. The van der Waals surface area contributed by atoms with Crippen LogP contribution in [0.1, 0.15) is 41.0 Å². The van der Waals surface area contributed by atoms with Crippen molar-refractivity contribution in [3.63, 3.8) is 0 Å². The third kappa shape index (κ3) is 5.76. The molecule has 15 heavy (non-hydrogen) atoms. The number of nitriles is 1. The zero-order valence-electron chi connectivity index (χ0n) is 10.7. The van der Waals surface area contributed by atoms with Crippen molar-refractivity contribution < 1.29 is 0 Å². The van der Waals surface area contributed by atoms with Gasteiger partial charge in [0.25, 0.3) is 0 Å². The average Bonchev–Trinajstić information content (AvgIpc) is 2.13. The molecular formula is C12H25N3. The van der Waals surface area contributed by atoms with Gasteiger partial charge in [-0.3, -0.25) is 0 Å². The molecule has 0 spiro atoms. The molecule has 0 saturated heterocycles. The van der Waals surface area contributed by atoms with Gasteiger partial charge in [-0.2, -0.15) is 5.26 Å². The first-order valence-electron chi connectivity index (χ1n) is 5.76. The molecule has 2 atom stereocenters. The van der Waals surface area contributed by atoms with Gasteiger partial charge in [-0.1, -0.05) is 20.8 Å². The first kappa shape index (κ1) is 14.4. The maximum atomic E-state index is 8.89. The van der Waals surface area contributed by atoms with Crippen molar-refractivity contribution in [2.45, 2.75) is 52.6 Å². The topological polar surface area (TPSA) is 53.0 Å². The molecule has 3 nitrogen and oxygen atoms in total. The van der Waals surface area contributed by atoms with Gasteiger partial charge in [0.05, 0.1) is 6.07 Å². The molecular weight excluding hydrogens is 186 g/mol. The fourth-order valence-electron chi connectivity index (χ4n) is 1.88. The molecule has 0 rings (SSSR count). The maximum absolute atomic E-state index is 8.89. The number of nitrogens with two attached hydrogens (primary N) is 1. The smallest absolute Gasteiger partial charge is 0.102 e. The highest BCUT2D eigenvalue weighted by Crippen LogP contribution is 2.14. The summed E-state index contributed by atoms with van der Waals surface area (Å²) in [6.45, 7) is 12.6. The van der Waals surface area contributed by atoms with Gasteiger partial charge in [0, 0.05) is 12.6 Å². The summed E-state index contributed by atoms with van der Waals surface area (Å²) in [5.41, 5.74) is 5.15. The van der Waals surface area contributed by atoms with Crippen molar-refractivity contribution in [1.29, 1.82) is 5.26 Å². The Morgan fingerprint density at radius 2 is 1.93 bits per heavy atom. The van der Waals surface area contributed by atoms with Crippen LogP contribution in [-0.2, 0) is 0 Å². The Balaban J connectivity index is 4.28. The van der Waals surface area contributed by atoms with Gasteiger partial charge in [-0.15, -0.1) is 0 Å². The Morgan fingerprint density at radius 1 is 1.40 bits per heavy atom. The highest BCUT2D eigenvalue weighted by atomic mass is 15.1. The predicted octanol–water partition coefficient (Wildman–Crippen LogP) is 1.98. The molecule has 0 saturated carbocycles. The fraction of sp³-hybridized carbons (Fsp3) is 0.917. The summed E-state index contributed by atoms with van der Waals surface area (Å²) in [6.07, 6.45) is 0.726. The van der Waals surface area contributed by atoms with E-state index in [1.807, 2.05) is 0 Å². The fourth-order valence-corrected chi connectivity index (χ4v) is 1.88. The molecule has 0 aliphatic heterocycles. The van der Waals surface area contributed by atoms with E-state index in [9.17, 15) is 0 Å². The number of hydrogen-bond acceptors (Lipinski definition) is 3. The third-order valence-electron chi connectivity index (χ3n) is 2.60. The van der Waals surface area contributed by atoms with Crippen molar-refractivity contribution in [3.05, 3.63) is 0 Å². The van der Waals surface area contributed by atoms with E-state index in [1.165, 1.54) is 0 Å². The molecule has 0 aromatic heterocycles. The molecule has 0 fully saturated rings. The van der Waals surface area contributed by atoms with E-state index in [2.05, 4.69) is 38.7 Å². The van der Waals surface area contributed by atoms with E-state index in [-0.39, 0.29) is 0 Å². The quantitative estimate of drug-likeness (QED) is 0.731. The van der Waals surface area contributed by atoms with Crippen molar-refractivity contribution in [2.24, 2.45) is 11.7 Å². The van der Waals surface area contributed by atoms with Crippen LogP contribution in [0.4, 0.5) is 0 Å². The minimum Gasteiger partial charge on any atom is -0.314 e. The Labute approximate surface area is 94.2 Å². The predicted molar refractivity (Wildman–Crippen MR) is 64.4 cm³/mol. The van der Waals surface area contributed by atoms with Crippen LogP contribution in [0, 0.1) is 17.2 Å². The van der Waals surface area contributed by atoms with Crippen LogP contribution in [0.3, 0.4) is 0 Å². The highest BCUT2D eigenvalue weighted by Gasteiger charge is 2.24. The Morgan fingerprint density at radius 3 is 2.27 bits per heavy atom. The molecule has 0 radical (unpaired) electrons. The maximum Gasteiger partial charge on any atom is 0.102 e. The lowest BCUT2D eigenvalue weighted by atomic mass is 9.95. The van der Waals surface area contributed by atoms with Gasteiger partial charge in [0.2, 0.25) is 0 Å². The summed E-state index contributed by atoms with van der Waals surface area (Å²) in [5, 5.41) is 8.89. The zero-order valence-corrected chi connectivity index (χ0v) is 10.7.